The Morgan fingerprint density at radius 1 is 1.19 bits per heavy atom. The van der Waals surface area contributed by atoms with Gasteiger partial charge in [-0.25, -0.2) is 4.79 Å². The van der Waals surface area contributed by atoms with E-state index in [1.54, 1.807) is 38.3 Å². The minimum Gasteiger partial charge on any atom is -0.497 e. The summed E-state index contributed by atoms with van der Waals surface area (Å²) < 4.78 is 21.2. The first-order valence-corrected chi connectivity index (χ1v) is 8.38. The zero-order valence-corrected chi connectivity index (χ0v) is 15.9. The fourth-order valence-corrected chi connectivity index (χ4v) is 2.51. The van der Waals surface area contributed by atoms with Crippen LogP contribution >= 0.6 is 11.6 Å². The summed E-state index contributed by atoms with van der Waals surface area (Å²) in [6.45, 7) is 2.10. The number of halogens is 1. The number of rotatable bonds is 7. The normalized spacial score (nSPS) is 10.3. The average Bonchev–Trinajstić information content (AvgIpc) is 2.68. The Balaban J connectivity index is 2.26. The standard InChI is InChI=1S/C20H18ClNO5/c1-4-26-18-10-13(12-22)9-16(21)20(18)27-19(23)8-5-14-11-15(24-2)6-7-17(14)25-3/h5-11H,4H2,1-3H3/b8-5+. The fourth-order valence-electron chi connectivity index (χ4n) is 2.26. The maximum Gasteiger partial charge on any atom is 0.336 e. The summed E-state index contributed by atoms with van der Waals surface area (Å²) in [4.78, 5) is 12.2. The number of carbonyl (C=O) groups is 1. The molecule has 0 aliphatic heterocycles. The van der Waals surface area contributed by atoms with Gasteiger partial charge in [0.05, 0.1) is 37.5 Å². The number of nitrogens with zero attached hydrogens (tertiary/aromatic N) is 1. The molecule has 0 saturated carbocycles. The summed E-state index contributed by atoms with van der Waals surface area (Å²) in [6.07, 6.45) is 2.78. The van der Waals surface area contributed by atoms with Crippen molar-refractivity contribution in [3.63, 3.8) is 0 Å². The van der Waals surface area contributed by atoms with Crippen LogP contribution < -0.4 is 18.9 Å². The van der Waals surface area contributed by atoms with Crippen LogP contribution in [0.5, 0.6) is 23.0 Å². The molecule has 0 aromatic heterocycles. The summed E-state index contributed by atoms with van der Waals surface area (Å²) in [5, 5.41) is 9.13. The highest BCUT2D eigenvalue weighted by atomic mass is 35.5. The molecular weight excluding hydrogens is 370 g/mol. The monoisotopic (exact) mass is 387 g/mol. The highest BCUT2D eigenvalue weighted by Crippen LogP contribution is 2.36. The van der Waals surface area contributed by atoms with E-state index in [0.717, 1.165) is 0 Å². The summed E-state index contributed by atoms with van der Waals surface area (Å²) in [5.41, 5.74) is 0.949. The van der Waals surface area contributed by atoms with Crippen molar-refractivity contribution in [2.24, 2.45) is 0 Å². The van der Waals surface area contributed by atoms with Crippen molar-refractivity contribution < 1.29 is 23.7 Å². The highest BCUT2D eigenvalue weighted by Gasteiger charge is 2.15. The number of hydrogen-bond acceptors (Lipinski definition) is 6. The van der Waals surface area contributed by atoms with Crippen molar-refractivity contribution in [2.45, 2.75) is 6.92 Å². The Morgan fingerprint density at radius 2 is 1.96 bits per heavy atom. The molecule has 0 heterocycles. The highest BCUT2D eigenvalue weighted by molar-refractivity contribution is 6.32. The van der Waals surface area contributed by atoms with Crippen LogP contribution in [0.1, 0.15) is 18.1 Å². The second kappa shape index (κ2) is 9.51. The maximum atomic E-state index is 12.2. The number of benzene rings is 2. The van der Waals surface area contributed by atoms with Crippen LogP contribution in [-0.2, 0) is 4.79 Å². The molecule has 27 heavy (non-hydrogen) atoms. The van der Waals surface area contributed by atoms with Crippen molar-refractivity contribution in [1.82, 2.24) is 0 Å². The predicted molar refractivity (Wildman–Crippen MR) is 102 cm³/mol. The smallest absolute Gasteiger partial charge is 0.336 e. The lowest BCUT2D eigenvalue weighted by Gasteiger charge is -2.11. The van der Waals surface area contributed by atoms with Crippen molar-refractivity contribution in [3.05, 3.63) is 52.6 Å². The zero-order chi connectivity index (χ0) is 19.8. The minimum atomic E-state index is -0.660. The molecule has 0 saturated heterocycles. The van der Waals surface area contributed by atoms with Crippen molar-refractivity contribution in [1.29, 1.82) is 5.26 Å². The van der Waals surface area contributed by atoms with E-state index in [9.17, 15) is 4.79 Å². The first-order valence-electron chi connectivity index (χ1n) is 8.00. The van der Waals surface area contributed by atoms with Crippen molar-refractivity contribution >= 4 is 23.6 Å². The molecule has 140 valence electrons. The molecule has 0 atom stereocenters. The SMILES string of the molecule is CCOc1cc(C#N)cc(Cl)c1OC(=O)/C=C/c1cc(OC)ccc1OC. The van der Waals surface area contributed by atoms with Crippen molar-refractivity contribution in [2.75, 3.05) is 20.8 Å². The van der Waals surface area contributed by atoms with Gasteiger partial charge in [-0.1, -0.05) is 11.6 Å². The van der Waals surface area contributed by atoms with Crippen LogP contribution in [0.2, 0.25) is 5.02 Å². The number of esters is 1. The Morgan fingerprint density at radius 3 is 2.59 bits per heavy atom. The van der Waals surface area contributed by atoms with Crippen LogP contribution in [0.3, 0.4) is 0 Å². The van der Waals surface area contributed by atoms with Gasteiger partial charge in [0.25, 0.3) is 0 Å². The molecule has 0 amide bonds. The van der Waals surface area contributed by atoms with E-state index in [1.807, 2.05) is 6.07 Å². The van der Waals surface area contributed by atoms with E-state index >= 15 is 0 Å². The third-order valence-electron chi connectivity index (χ3n) is 3.48. The summed E-state index contributed by atoms with van der Waals surface area (Å²) in [7, 11) is 3.08. The topological polar surface area (TPSA) is 77.8 Å². The minimum absolute atomic E-state index is 0.0600. The third kappa shape index (κ3) is 5.16. The Hall–Kier alpha value is -3.17. The fraction of sp³-hybridized carbons (Fsp3) is 0.200. The number of nitriles is 1. The summed E-state index contributed by atoms with van der Waals surface area (Å²) in [5.74, 6) is 0.823. The molecule has 0 aliphatic carbocycles. The van der Waals surface area contributed by atoms with Gasteiger partial charge in [-0.05, 0) is 37.3 Å². The van der Waals surface area contributed by atoms with Crippen LogP contribution in [0, 0.1) is 11.3 Å². The molecule has 0 N–H and O–H groups in total. The molecule has 0 aliphatic rings. The van der Waals surface area contributed by atoms with E-state index in [-0.39, 0.29) is 16.5 Å². The van der Waals surface area contributed by atoms with Gasteiger partial charge in [0.15, 0.2) is 11.5 Å². The van der Waals surface area contributed by atoms with Gasteiger partial charge in [0.2, 0.25) is 0 Å². The molecule has 2 aromatic carbocycles. The second-order valence-corrected chi connectivity index (χ2v) is 5.60. The van der Waals surface area contributed by atoms with Crippen LogP contribution in [0.15, 0.2) is 36.4 Å². The van der Waals surface area contributed by atoms with E-state index in [0.29, 0.717) is 29.2 Å². The lowest BCUT2D eigenvalue weighted by molar-refractivity contribution is -0.129. The van der Waals surface area contributed by atoms with Gasteiger partial charge < -0.3 is 18.9 Å². The first kappa shape index (κ1) is 20.1. The predicted octanol–water partition coefficient (Wildman–Crippen LogP) is 4.25. The molecule has 7 heteroatoms. The van der Waals surface area contributed by atoms with E-state index < -0.39 is 5.97 Å². The molecule has 2 aromatic rings. The Labute approximate surface area is 162 Å². The zero-order valence-electron chi connectivity index (χ0n) is 15.1. The molecule has 6 nitrogen and oxygen atoms in total. The van der Waals surface area contributed by atoms with E-state index in [1.165, 1.54) is 25.3 Å². The molecule has 2 rings (SSSR count). The lowest BCUT2D eigenvalue weighted by Crippen LogP contribution is -2.07. The molecule has 0 radical (unpaired) electrons. The largest absolute Gasteiger partial charge is 0.497 e. The van der Waals surface area contributed by atoms with Crippen LogP contribution in [0.4, 0.5) is 0 Å². The van der Waals surface area contributed by atoms with E-state index in [2.05, 4.69) is 0 Å². The summed E-state index contributed by atoms with van der Waals surface area (Å²) >= 11 is 6.13. The van der Waals surface area contributed by atoms with Gasteiger partial charge in [-0.15, -0.1) is 0 Å². The average molecular weight is 388 g/mol. The van der Waals surface area contributed by atoms with Gasteiger partial charge in [-0.2, -0.15) is 5.26 Å². The van der Waals surface area contributed by atoms with Gasteiger partial charge >= 0.3 is 5.97 Å². The van der Waals surface area contributed by atoms with Gasteiger partial charge in [-0.3, -0.25) is 0 Å². The summed E-state index contributed by atoms with van der Waals surface area (Å²) in [6, 6.07) is 10.0. The molecular formula is C20H18ClNO5. The van der Waals surface area contributed by atoms with Crippen LogP contribution in [0.25, 0.3) is 6.08 Å². The molecule has 0 bridgehead atoms. The molecule has 0 fully saturated rings. The number of carbonyl (C=O) groups excluding carboxylic acids is 1. The second-order valence-electron chi connectivity index (χ2n) is 5.19. The molecule has 0 spiro atoms. The van der Waals surface area contributed by atoms with Gasteiger partial charge in [0, 0.05) is 17.7 Å². The number of methoxy groups -OCH3 is 2. The Kier molecular flexibility index (Phi) is 7.09. The van der Waals surface area contributed by atoms with Crippen molar-refractivity contribution in [3.8, 4) is 29.1 Å². The number of hydrogen-bond donors (Lipinski definition) is 0. The van der Waals surface area contributed by atoms with Gasteiger partial charge in [0.1, 0.15) is 11.5 Å². The van der Waals surface area contributed by atoms with E-state index in [4.69, 9.17) is 35.8 Å². The number of ether oxygens (including phenoxy) is 4. The lowest BCUT2D eigenvalue weighted by atomic mass is 10.1. The first-order chi connectivity index (χ1) is 13.0. The Bertz CT molecular complexity index is 902. The third-order valence-corrected chi connectivity index (χ3v) is 3.76. The van der Waals surface area contributed by atoms with Crippen LogP contribution in [-0.4, -0.2) is 26.8 Å². The maximum absolute atomic E-state index is 12.2. The quantitative estimate of drug-likeness (QED) is 0.401. The molecule has 0 unspecified atom stereocenters.